The maximum Gasteiger partial charge on any atom is 0.305 e. The first-order chi connectivity index (χ1) is 7.70. The third-order valence-electron chi connectivity index (χ3n) is 2.57. The second kappa shape index (κ2) is 11.6. The third kappa shape index (κ3) is 10.7. The average Bonchev–Trinajstić information content (AvgIpc) is 2.31. The van der Waals surface area contributed by atoms with E-state index < -0.39 is 0 Å². The number of halogens is 1. The second-order valence-electron chi connectivity index (χ2n) is 4.04. The van der Waals surface area contributed by atoms with Gasteiger partial charge in [0.1, 0.15) is 0 Å². The SMILES string of the molecule is COC(=O)CCCCCCCCC(O)CI. The van der Waals surface area contributed by atoms with Crippen molar-refractivity contribution in [3.05, 3.63) is 0 Å². The Hall–Kier alpha value is 0.160. The molecule has 0 saturated carbocycles. The molecule has 0 aromatic rings. The van der Waals surface area contributed by atoms with Gasteiger partial charge in [0.25, 0.3) is 0 Å². The Morgan fingerprint density at radius 1 is 1.19 bits per heavy atom. The number of esters is 1. The number of alkyl halides is 1. The zero-order chi connectivity index (χ0) is 12.2. The molecule has 1 N–H and O–H groups in total. The summed E-state index contributed by atoms with van der Waals surface area (Å²) in [7, 11) is 1.43. The van der Waals surface area contributed by atoms with Gasteiger partial charge in [-0.25, -0.2) is 0 Å². The number of aliphatic hydroxyl groups is 1. The van der Waals surface area contributed by atoms with E-state index in [1.165, 1.54) is 26.4 Å². The van der Waals surface area contributed by atoms with Gasteiger partial charge in [-0.15, -0.1) is 0 Å². The fourth-order valence-corrected chi connectivity index (χ4v) is 1.98. The third-order valence-corrected chi connectivity index (χ3v) is 3.59. The maximum atomic E-state index is 10.8. The van der Waals surface area contributed by atoms with Crippen molar-refractivity contribution in [2.75, 3.05) is 11.5 Å². The van der Waals surface area contributed by atoms with Crippen molar-refractivity contribution in [1.29, 1.82) is 0 Å². The molecule has 0 aliphatic heterocycles. The van der Waals surface area contributed by atoms with E-state index in [9.17, 15) is 9.90 Å². The minimum Gasteiger partial charge on any atom is -0.469 e. The Balaban J connectivity index is 3.07. The smallest absolute Gasteiger partial charge is 0.305 e. The fraction of sp³-hybridized carbons (Fsp3) is 0.917. The number of unbranched alkanes of at least 4 members (excludes halogenated alkanes) is 5. The molecule has 0 bridgehead atoms. The number of hydrogen-bond donors (Lipinski definition) is 1. The van der Waals surface area contributed by atoms with Crippen molar-refractivity contribution in [3.63, 3.8) is 0 Å². The van der Waals surface area contributed by atoms with Crippen LogP contribution in [0, 0.1) is 0 Å². The summed E-state index contributed by atoms with van der Waals surface area (Å²) in [5.41, 5.74) is 0. The molecule has 0 radical (unpaired) electrons. The Labute approximate surface area is 112 Å². The van der Waals surface area contributed by atoms with Crippen LogP contribution in [0.2, 0.25) is 0 Å². The normalized spacial score (nSPS) is 12.4. The first-order valence-electron chi connectivity index (χ1n) is 6.01. The van der Waals surface area contributed by atoms with E-state index in [4.69, 9.17) is 0 Å². The van der Waals surface area contributed by atoms with Crippen molar-refractivity contribution in [3.8, 4) is 0 Å². The van der Waals surface area contributed by atoms with Gasteiger partial charge in [0.2, 0.25) is 0 Å². The molecular weight excluding hydrogens is 319 g/mol. The lowest BCUT2D eigenvalue weighted by atomic mass is 10.1. The van der Waals surface area contributed by atoms with Gasteiger partial charge in [-0.3, -0.25) is 4.79 Å². The number of ether oxygens (including phenoxy) is 1. The van der Waals surface area contributed by atoms with Crippen molar-refractivity contribution in [1.82, 2.24) is 0 Å². The largest absolute Gasteiger partial charge is 0.469 e. The molecule has 0 aromatic carbocycles. The molecule has 0 rings (SSSR count). The molecular formula is C12H23IO3. The van der Waals surface area contributed by atoms with Crippen molar-refractivity contribution in [2.45, 2.75) is 57.5 Å². The maximum absolute atomic E-state index is 10.8. The average molecular weight is 342 g/mol. The van der Waals surface area contributed by atoms with Crippen LogP contribution in [-0.2, 0) is 9.53 Å². The van der Waals surface area contributed by atoms with E-state index >= 15 is 0 Å². The monoisotopic (exact) mass is 342 g/mol. The lowest BCUT2D eigenvalue weighted by Gasteiger charge is -2.05. The molecule has 4 heteroatoms. The summed E-state index contributed by atoms with van der Waals surface area (Å²) in [6.45, 7) is 0. The van der Waals surface area contributed by atoms with E-state index in [2.05, 4.69) is 27.3 Å². The van der Waals surface area contributed by atoms with E-state index in [-0.39, 0.29) is 12.1 Å². The van der Waals surface area contributed by atoms with Crippen LogP contribution >= 0.6 is 22.6 Å². The quantitative estimate of drug-likeness (QED) is 0.287. The molecule has 16 heavy (non-hydrogen) atoms. The zero-order valence-electron chi connectivity index (χ0n) is 10.1. The molecule has 0 amide bonds. The molecule has 96 valence electrons. The highest BCUT2D eigenvalue weighted by molar-refractivity contribution is 14.1. The van der Waals surface area contributed by atoms with Crippen molar-refractivity contribution in [2.24, 2.45) is 0 Å². The topological polar surface area (TPSA) is 46.5 Å². The van der Waals surface area contributed by atoms with Crippen LogP contribution in [-0.4, -0.2) is 28.7 Å². The van der Waals surface area contributed by atoms with Crippen LogP contribution < -0.4 is 0 Å². The van der Waals surface area contributed by atoms with E-state index in [1.807, 2.05) is 0 Å². The van der Waals surface area contributed by atoms with Gasteiger partial charge in [-0.2, -0.15) is 0 Å². The molecule has 1 atom stereocenters. The summed E-state index contributed by atoms with van der Waals surface area (Å²) in [5, 5.41) is 9.33. The molecule has 1 unspecified atom stereocenters. The molecule has 3 nitrogen and oxygen atoms in total. The number of carbonyl (C=O) groups is 1. The lowest BCUT2D eigenvalue weighted by molar-refractivity contribution is -0.140. The predicted molar refractivity (Wildman–Crippen MR) is 73.8 cm³/mol. The van der Waals surface area contributed by atoms with Crippen LogP contribution in [0.5, 0.6) is 0 Å². The minimum absolute atomic E-state index is 0.106. The van der Waals surface area contributed by atoms with Gasteiger partial charge in [0.15, 0.2) is 0 Å². The van der Waals surface area contributed by atoms with Crippen molar-refractivity contribution >= 4 is 28.6 Å². The van der Waals surface area contributed by atoms with E-state index in [1.54, 1.807) is 0 Å². The summed E-state index contributed by atoms with van der Waals surface area (Å²) in [5.74, 6) is -0.106. The Bertz CT molecular complexity index is 174. The van der Waals surface area contributed by atoms with E-state index in [0.717, 1.165) is 30.1 Å². The van der Waals surface area contributed by atoms with Gasteiger partial charge >= 0.3 is 5.97 Å². The number of methoxy groups -OCH3 is 1. The molecule has 0 aliphatic carbocycles. The highest BCUT2D eigenvalue weighted by atomic mass is 127. The zero-order valence-corrected chi connectivity index (χ0v) is 12.2. The predicted octanol–water partition coefficient (Wildman–Crippen LogP) is 3.08. The standard InChI is InChI=1S/C12H23IO3/c1-16-12(15)9-7-5-3-2-4-6-8-11(14)10-13/h11,14H,2-10H2,1H3. The van der Waals surface area contributed by atoms with Crippen LogP contribution in [0.1, 0.15) is 51.4 Å². The van der Waals surface area contributed by atoms with Gasteiger partial charge in [0, 0.05) is 10.8 Å². The first kappa shape index (κ1) is 16.2. The van der Waals surface area contributed by atoms with Gasteiger partial charge in [0.05, 0.1) is 13.2 Å². The Kier molecular flexibility index (Phi) is 11.8. The Morgan fingerprint density at radius 3 is 2.31 bits per heavy atom. The highest BCUT2D eigenvalue weighted by Gasteiger charge is 2.01. The number of carbonyl (C=O) groups excluding carboxylic acids is 1. The molecule has 0 saturated heterocycles. The first-order valence-corrected chi connectivity index (χ1v) is 7.54. The van der Waals surface area contributed by atoms with E-state index in [0.29, 0.717) is 6.42 Å². The van der Waals surface area contributed by atoms with Crippen LogP contribution in [0.3, 0.4) is 0 Å². The van der Waals surface area contributed by atoms with Crippen LogP contribution in [0.4, 0.5) is 0 Å². The summed E-state index contributed by atoms with van der Waals surface area (Å²) in [6.07, 6.45) is 8.06. The van der Waals surface area contributed by atoms with Gasteiger partial charge in [-0.05, 0) is 12.8 Å². The summed E-state index contributed by atoms with van der Waals surface area (Å²) in [6, 6.07) is 0. The Morgan fingerprint density at radius 2 is 1.75 bits per heavy atom. The lowest BCUT2D eigenvalue weighted by Crippen LogP contribution is -2.06. The van der Waals surface area contributed by atoms with Crippen LogP contribution in [0.25, 0.3) is 0 Å². The number of hydrogen-bond acceptors (Lipinski definition) is 3. The molecule has 0 heterocycles. The number of rotatable bonds is 10. The van der Waals surface area contributed by atoms with Crippen molar-refractivity contribution < 1.29 is 14.6 Å². The number of aliphatic hydroxyl groups excluding tert-OH is 1. The summed E-state index contributed by atoms with van der Waals surface area (Å²) in [4.78, 5) is 10.8. The molecule has 0 fully saturated rings. The summed E-state index contributed by atoms with van der Waals surface area (Å²) < 4.78 is 5.40. The molecule has 0 spiro atoms. The second-order valence-corrected chi connectivity index (χ2v) is 4.93. The minimum atomic E-state index is -0.125. The van der Waals surface area contributed by atoms with Gasteiger partial charge < -0.3 is 9.84 Å². The summed E-state index contributed by atoms with van der Waals surface area (Å²) >= 11 is 2.21. The van der Waals surface area contributed by atoms with Crippen LogP contribution in [0.15, 0.2) is 0 Å². The molecule has 0 aliphatic rings. The molecule has 0 aromatic heterocycles. The fourth-order valence-electron chi connectivity index (χ4n) is 1.54. The van der Waals surface area contributed by atoms with Gasteiger partial charge in [-0.1, -0.05) is 54.7 Å². The highest BCUT2D eigenvalue weighted by Crippen LogP contribution is 2.10.